The third kappa shape index (κ3) is 4.55. The standard InChI is InChI=1S/C25H22F3N3O2/c1-17-16-22(31(19-12-6-3-7-13-19)29-24(33)25(26,27)28)20-14-8-9-15-21(20)30(17)23(32)18-10-4-2-5-11-18/h2-15,17,22H,16H2,1H3,(H,29,33). The summed E-state index contributed by atoms with van der Waals surface area (Å²) in [5, 5.41) is 1.25. The second-order valence-electron chi connectivity index (χ2n) is 7.84. The first-order valence-electron chi connectivity index (χ1n) is 10.5. The van der Waals surface area contributed by atoms with Crippen LogP contribution in [0, 0.1) is 0 Å². The summed E-state index contributed by atoms with van der Waals surface area (Å²) in [5.41, 5.74) is 4.21. The minimum atomic E-state index is -5.04. The Morgan fingerprint density at radius 2 is 1.48 bits per heavy atom. The van der Waals surface area contributed by atoms with Crippen molar-refractivity contribution in [2.45, 2.75) is 31.6 Å². The molecule has 1 aliphatic heterocycles. The molecule has 0 bridgehead atoms. The van der Waals surface area contributed by atoms with E-state index in [0.29, 0.717) is 28.9 Å². The number of halogens is 3. The first-order valence-corrected chi connectivity index (χ1v) is 10.5. The highest BCUT2D eigenvalue weighted by atomic mass is 19.4. The number of anilines is 2. The van der Waals surface area contributed by atoms with E-state index in [9.17, 15) is 22.8 Å². The van der Waals surface area contributed by atoms with Crippen LogP contribution in [0.2, 0.25) is 0 Å². The van der Waals surface area contributed by atoms with Crippen LogP contribution in [-0.2, 0) is 4.79 Å². The van der Waals surface area contributed by atoms with Gasteiger partial charge < -0.3 is 4.90 Å². The van der Waals surface area contributed by atoms with Crippen LogP contribution in [0.5, 0.6) is 0 Å². The molecule has 3 aromatic carbocycles. The summed E-state index contributed by atoms with van der Waals surface area (Å²) in [6, 6.07) is 23.3. The van der Waals surface area contributed by atoms with Gasteiger partial charge in [-0.2, -0.15) is 13.2 Å². The molecular formula is C25H22F3N3O2. The normalized spacial score (nSPS) is 17.8. The molecule has 2 unspecified atom stereocenters. The Labute approximate surface area is 189 Å². The number of nitrogens with zero attached hydrogens (tertiary/aromatic N) is 2. The molecular weight excluding hydrogens is 431 g/mol. The molecule has 0 radical (unpaired) electrons. The van der Waals surface area contributed by atoms with Crippen molar-refractivity contribution in [3.05, 3.63) is 96.1 Å². The molecule has 33 heavy (non-hydrogen) atoms. The Hall–Kier alpha value is -3.81. The van der Waals surface area contributed by atoms with Gasteiger partial charge in [-0.15, -0.1) is 0 Å². The van der Waals surface area contributed by atoms with Crippen LogP contribution in [0.3, 0.4) is 0 Å². The Balaban J connectivity index is 1.77. The number of alkyl halides is 3. The largest absolute Gasteiger partial charge is 0.472 e. The van der Waals surface area contributed by atoms with Gasteiger partial charge in [-0.05, 0) is 43.7 Å². The van der Waals surface area contributed by atoms with Crippen molar-refractivity contribution in [3.8, 4) is 0 Å². The van der Waals surface area contributed by atoms with Crippen molar-refractivity contribution in [2.75, 3.05) is 9.91 Å². The number of amides is 2. The molecule has 1 heterocycles. The number of para-hydroxylation sites is 2. The fourth-order valence-corrected chi connectivity index (χ4v) is 4.14. The lowest BCUT2D eigenvalue weighted by Gasteiger charge is -2.44. The predicted octanol–water partition coefficient (Wildman–Crippen LogP) is 5.27. The van der Waals surface area contributed by atoms with E-state index < -0.39 is 18.1 Å². The average Bonchev–Trinajstić information content (AvgIpc) is 2.82. The molecule has 0 fully saturated rings. The summed E-state index contributed by atoms with van der Waals surface area (Å²) in [6.07, 6.45) is -4.73. The lowest BCUT2D eigenvalue weighted by molar-refractivity contribution is -0.174. The number of benzene rings is 3. The minimum Gasteiger partial charge on any atom is -0.305 e. The lowest BCUT2D eigenvalue weighted by Crippen LogP contribution is -2.53. The molecule has 2 atom stereocenters. The fraction of sp³-hybridized carbons (Fsp3) is 0.200. The van der Waals surface area contributed by atoms with Gasteiger partial charge in [-0.1, -0.05) is 54.6 Å². The van der Waals surface area contributed by atoms with Gasteiger partial charge in [0.15, 0.2) is 0 Å². The third-order valence-corrected chi connectivity index (χ3v) is 5.63. The zero-order chi connectivity index (χ0) is 23.6. The van der Waals surface area contributed by atoms with Crippen molar-refractivity contribution < 1.29 is 22.8 Å². The number of hydrogen-bond donors (Lipinski definition) is 1. The summed E-state index contributed by atoms with van der Waals surface area (Å²) >= 11 is 0. The van der Waals surface area contributed by atoms with E-state index in [2.05, 4.69) is 0 Å². The smallest absolute Gasteiger partial charge is 0.305 e. The van der Waals surface area contributed by atoms with E-state index in [1.165, 1.54) is 5.01 Å². The SMILES string of the molecule is CC1CC(N(NC(=O)C(F)(F)F)c2ccccc2)c2ccccc2N1C(=O)c1ccccc1. The maximum absolute atomic E-state index is 13.3. The van der Waals surface area contributed by atoms with E-state index in [4.69, 9.17) is 0 Å². The van der Waals surface area contributed by atoms with E-state index in [-0.39, 0.29) is 11.9 Å². The van der Waals surface area contributed by atoms with Crippen LogP contribution in [-0.4, -0.2) is 24.0 Å². The highest BCUT2D eigenvalue weighted by molar-refractivity contribution is 6.07. The summed E-state index contributed by atoms with van der Waals surface area (Å²) in [7, 11) is 0. The molecule has 170 valence electrons. The van der Waals surface area contributed by atoms with Crippen LogP contribution in [0.15, 0.2) is 84.9 Å². The van der Waals surface area contributed by atoms with E-state index in [1.54, 1.807) is 83.8 Å². The fourth-order valence-electron chi connectivity index (χ4n) is 4.14. The number of fused-ring (bicyclic) bond motifs is 1. The molecule has 2 amide bonds. The molecule has 1 N–H and O–H groups in total. The van der Waals surface area contributed by atoms with Crippen LogP contribution in [0.1, 0.15) is 35.3 Å². The number of carbonyl (C=O) groups excluding carboxylic acids is 2. The monoisotopic (exact) mass is 453 g/mol. The Kier molecular flexibility index (Phi) is 6.09. The van der Waals surface area contributed by atoms with Crippen molar-refractivity contribution in [2.24, 2.45) is 0 Å². The van der Waals surface area contributed by atoms with E-state index in [0.717, 1.165) is 0 Å². The Morgan fingerprint density at radius 1 is 0.909 bits per heavy atom. The van der Waals surface area contributed by atoms with Crippen LogP contribution < -0.4 is 15.3 Å². The second kappa shape index (κ2) is 8.97. The number of hydrogen-bond acceptors (Lipinski definition) is 3. The molecule has 3 aromatic rings. The third-order valence-electron chi connectivity index (χ3n) is 5.63. The van der Waals surface area contributed by atoms with Gasteiger partial charge in [0.05, 0.1) is 11.7 Å². The van der Waals surface area contributed by atoms with Gasteiger partial charge in [-0.3, -0.25) is 20.0 Å². The number of rotatable bonds is 4. The Morgan fingerprint density at radius 3 is 2.12 bits per heavy atom. The molecule has 8 heteroatoms. The quantitative estimate of drug-likeness (QED) is 0.548. The Bertz CT molecular complexity index is 1140. The first-order chi connectivity index (χ1) is 15.8. The van der Waals surface area contributed by atoms with Gasteiger partial charge in [0.1, 0.15) is 0 Å². The summed E-state index contributed by atoms with van der Waals surface area (Å²) in [4.78, 5) is 26.9. The van der Waals surface area contributed by atoms with Gasteiger partial charge in [0, 0.05) is 22.9 Å². The highest BCUT2D eigenvalue weighted by Gasteiger charge is 2.43. The summed E-state index contributed by atoms with van der Waals surface area (Å²) in [5.74, 6) is -2.25. The van der Waals surface area contributed by atoms with E-state index in [1.807, 2.05) is 18.4 Å². The second-order valence-corrected chi connectivity index (χ2v) is 7.84. The molecule has 0 saturated carbocycles. The van der Waals surface area contributed by atoms with Gasteiger partial charge >= 0.3 is 12.1 Å². The van der Waals surface area contributed by atoms with Gasteiger partial charge in [-0.25, -0.2) is 0 Å². The summed E-state index contributed by atoms with van der Waals surface area (Å²) < 4.78 is 39.4. The van der Waals surface area contributed by atoms with Crippen molar-refractivity contribution in [3.63, 3.8) is 0 Å². The van der Waals surface area contributed by atoms with Crippen LogP contribution >= 0.6 is 0 Å². The van der Waals surface area contributed by atoms with Gasteiger partial charge in [0.2, 0.25) is 0 Å². The maximum Gasteiger partial charge on any atom is 0.472 e. The molecule has 1 aliphatic rings. The number of carbonyl (C=O) groups is 2. The maximum atomic E-state index is 13.3. The van der Waals surface area contributed by atoms with Gasteiger partial charge in [0.25, 0.3) is 5.91 Å². The van der Waals surface area contributed by atoms with Crippen molar-refractivity contribution >= 4 is 23.2 Å². The predicted molar refractivity (Wildman–Crippen MR) is 120 cm³/mol. The zero-order valence-electron chi connectivity index (χ0n) is 17.8. The van der Waals surface area contributed by atoms with Crippen LogP contribution in [0.25, 0.3) is 0 Å². The number of hydrazine groups is 1. The highest BCUT2D eigenvalue weighted by Crippen LogP contribution is 2.42. The molecule has 0 aromatic heterocycles. The molecule has 0 spiro atoms. The molecule has 0 saturated heterocycles. The molecule has 0 aliphatic carbocycles. The van der Waals surface area contributed by atoms with Crippen molar-refractivity contribution in [1.29, 1.82) is 0 Å². The average molecular weight is 453 g/mol. The zero-order valence-corrected chi connectivity index (χ0v) is 17.8. The molecule has 4 rings (SSSR count). The van der Waals surface area contributed by atoms with E-state index >= 15 is 0 Å². The summed E-state index contributed by atoms with van der Waals surface area (Å²) in [6.45, 7) is 1.85. The van der Waals surface area contributed by atoms with Crippen molar-refractivity contribution in [1.82, 2.24) is 5.43 Å². The topological polar surface area (TPSA) is 52.7 Å². The van der Waals surface area contributed by atoms with Crippen LogP contribution in [0.4, 0.5) is 24.5 Å². The first kappa shape index (κ1) is 22.4. The lowest BCUT2D eigenvalue weighted by atomic mass is 9.90. The molecule has 5 nitrogen and oxygen atoms in total. The number of nitrogens with one attached hydrogen (secondary N) is 1. The minimum absolute atomic E-state index is 0.195.